The molecule has 0 bridgehead atoms. The van der Waals surface area contributed by atoms with Gasteiger partial charge in [0.1, 0.15) is 0 Å². The Morgan fingerprint density at radius 1 is 1.38 bits per heavy atom. The molecule has 1 aromatic carbocycles. The first kappa shape index (κ1) is 11.1. The minimum Gasteiger partial charge on any atom is -0.367 e. The highest BCUT2D eigenvalue weighted by atomic mass is 35.5. The van der Waals surface area contributed by atoms with Gasteiger partial charge in [0.25, 0.3) is 0 Å². The van der Waals surface area contributed by atoms with Crippen LogP contribution in [0, 0.1) is 0 Å². The van der Waals surface area contributed by atoms with Crippen LogP contribution in [0.3, 0.4) is 0 Å². The second-order valence-corrected chi connectivity index (χ2v) is 4.28. The normalized spacial score (nSPS) is 12.6. The molecule has 0 spiro atoms. The molecule has 0 radical (unpaired) electrons. The second kappa shape index (κ2) is 5.12. The molecule has 0 aliphatic rings. The molecule has 1 N–H and O–H groups in total. The van der Waals surface area contributed by atoms with Gasteiger partial charge in [0, 0.05) is 17.3 Å². The first-order chi connectivity index (χ1) is 7.81. The van der Waals surface area contributed by atoms with E-state index in [0.29, 0.717) is 6.54 Å². The highest BCUT2D eigenvalue weighted by molar-refractivity contribution is 6.20. The van der Waals surface area contributed by atoms with Gasteiger partial charge in [-0.1, -0.05) is 31.2 Å². The van der Waals surface area contributed by atoms with Crippen molar-refractivity contribution in [2.45, 2.75) is 18.7 Å². The maximum Gasteiger partial charge on any atom is 0.156 e. The molecule has 4 heteroatoms. The lowest BCUT2D eigenvalue weighted by atomic mass is 10.2. The Bertz CT molecular complexity index is 467. The molecular formula is C12H14ClN3. The van der Waals surface area contributed by atoms with Crippen LogP contribution in [0.1, 0.15) is 13.3 Å². The van der Waals surface area contributed by atoms with Crippen LogP contribution in [0.5, 0.6) is 0 Å². The first-order valence-corrected chi connectivity index (χ1v) is 5.83. The lowest BCUT2D eigenvalue weighted by Crippen LogP contribution is -2.14. The summed E-state index contributed by atoms with van der Waals surface area (Å²) >= 11 is 6.06. The zero-order valence-electron chi connectivity index (χ0n) is 9.15. The van der Waals surface area contributed by atoms with E-state index in [4.69, 9.17) is 11.6 Å². The van der Waals surface area contributed by atoms with E-state index in [-0.39, 0.29) is 5.38 Å². The Balaban J connectivity index is 2.23. The SMILES string of the molecule is CCC(Cl)CNc1nncc2ccccc12. The summed E-state index contributed by atoms with van der Waals surface area (Å²) in [5, 5.41) is 13.6. The minimum absolute atomic E-state index is 0.126. The van der Waals surface area contributed by atoms with E-state index in [1.54, 1.807) is 6.20 Å². The summed E-state index contributed by atoms with van der Waals surface area (Å²) in [6, 6.07) is 8.03. The summed E-state index contributed by atoms with van der Waals surface area (Å²) in [5.74, 6) is 0.803. The molecule has 0 fully saturated rings. The minimum atomic E-state index is 0.126. The van der Waals surface area contributed by atoms with Gasteiger partial charge in [-0.05, 0) is 6.42 Å². The molecule has 84 valence electrons. The van der Waals surface area contributed by atoms with Gasteiger partial charge < -0.3 is 5.32 Å². The van der Waals surface area contributed by atoms with Crippen molar-refractivity contribution in [1.82, 2.24) is 10.2 Å². The first-order valence-electron chi connectivity index (χ1n) is 5.39. The van der Waals surface area contributed by atoms with Gasteiger partial charge in [-0.3, -0.25) is 0 Å². The monoisotopic (exact) mass is 235 g/mol. The third-order valence-corrected chi connectivity index (χ3v) is 2.97. The van der Waals surface area contributed by atoms with E-state index in [1.165, 1.54) is 0 Å². The number of hydrogen-bond acceptors (Lipinski definition) is 3. The fourth-order valence-corrected chi connectivity index (χ4v) is 1.59. The number of halogens is 1. The standard InChI is InChI=1S/C12H14ClN3/c1-2-10(13)8-14-12-11-6-4-3-5-9(11)7-15-16-12/h3-7,10H,2,8H2,1H3,(H,14,16). The van der Waals surface area contributed by atoms with E-state index < -0.39 is 0 Å². The molecule has 0 amide bonds. The number of benzene rings is 1. The second-order valence-electron chi connectivity index (χ2n) is 3.67. The molecule has 0 aliphatic heterocycles. The van der Waals surface area contributed by atoms with Gasteiger partial charge in [0.15, 0.2) is 5.82 Å². The maximum atomic E-state index is 6.06. The van der Waals surface area contributed by atoms with Crippen molar-refractivity contribution < 1.29 is 0 Å². The van der Waals surface area contributed by atoms with Crippen molar-refractivity contribution in [2.75, 3.05) is 11.9 Å². The molecule has 3 nitrogen and oxygen atoms in total. The fourth-order valence-electron chi connectivity index (χ4n) is 1.51. The molecule has 16 heavy (non-hydrogen) atoms. The van der Waals surface area contributed by atoms with Crippen molar-refractivity contribution in [1.29, 1.82) is 0 Å². The van der Waals surface area contributed by atoms with Gasteiger partial charge >= 0.3 is 0 Å². The number of fused-ring (bicyclic) bond motifs is 1. The van der Waals surface area contributed by atoms with Gasteiger partial charge in [0.2, 0.25) is 0 Å². The molecule has 2 aromatic rings. The van der Waals surface area contributed by atoms with E-state index in [0.717, 1.165) is 23.0 Å². The molecule has 1 atom stereocenters. The van der Waals surface area contributed by atoms with Crippen LogP contribution in [0.15, 0.2) is 30.5 Å². The summed E-state index contributed by atoms with van der Waals surface area (Å²) in [6.45, 7) is 2.77. The van der Waals surface area contributed by atoms with E-state index in [9.17, 15) is 0 Å². The average Bonchev–Trinajstić information content (AvgIpc) is 2.35. The molecule has 1 unspecified atom stereocenters. The zero-order chi connectivity index (χ0) is 11.4. The fraction of sp³-hybridized carbons (Fsp3) is 0.333. The van der Waals surface area contributed by atoms with Crippen LogP contribution in [0.2, 0.25) is 0 Å². The van der Waals surface area contributed by atoms with E-state index in [2.05, 4.69) is 22.4 Å². The molecule has 0 aliphatic carbocycles. The zero-order valence-corrected chi connectivity index (χ0v) is 9.91. The molecule has 2 rings (SSSR count). The summed E-state index contributed by atoms with van der Waals surface area (Å²) in [5.41, 5.74) is 0. The van der Waals surface area contributed by atoms with Gasteiger partial charge in [-0.2, -0.15) is 5.10 Å². The van der Waals surface area contributed by atoms with Crippen molar-refractivity contribution in [3.63, 3.8) is 0 Å². The Labute approximate surface area is 99.8 Å². The predicted molar refractivity (Wildman–Crippen MR) is 68.0 cm³/mol. The summed E-state index contributed by atoms with van der Waals surface area (Å²) in [6.07, 6.45) is 2.70. The largest absolute Gasteiger partial charge is 0.367 e. The van der Waals surface area contributed by atoms with Gasteiger partial charge in [-0.25, -0.2) is 0 Å². The highest BCUT2D eigenvalue weighted by Gasteiger charge is 2.05. The highest BCUT2D eigenvalue weighted by Crippen LogP contribution is 2.19. The van der Waals surface area contributed by atoms with Crippen molar-refractivity contribution in [2.24, 2.45) is 0 Å². The van der Waals surface area contributed by atoms with Crippen molar-refractivity contribution in [3.05, 3.63) is 30.5 Å². The molecule has 1 heterocycles. The quantitative estimate of drug-likeness (QED) is 0.828. The van der Waals surface area contributed by atoms with Crippen LogP contribution in [0.4, 0.5) is 5.82 Å². The number of anilines is 1. The Morgan fingerprint density at radius 3 is 3.00 bits per heavy atom. The summed E-state index contributed by atoms with van der Waals surface area (Å²) in [4.78, 5) is 0. The Kier molecular flexibility index (Phi) is 3.57. The van der Waals surface area contributed by atoms with Crippen LogP contribution < -0.4 is 5.32 Å². The predicted octanol–water partition coefficient (Wildman–Crippen LogP) is 3.06. The average molecular weight is 236 g/mol. The third-order valence-electron chi connectivity index (χ3n) is 2.50. The third kappa shape index (κ3) is 2.42. The molecular weight excluding hydrogens is 222 g/mol. The van der Waals surface area contributed by atoms with Crippen LogP contribution >= 0.6 is 11.6 Å². The van der Waals surface area contributed by atoms with E-state index in [1.807, 2.05) is 24.3 Å². The van der Waals surface area contributed by atoms with Crippen LogP contribution in [0.25, 0.3) is 10.8 Å². The number of rotatable bonds is 4. The smallest absolute Gasteiger partial charge is 0.156 e. The van der Waals surface area contributed by atoms with Gasteiger partial charge in [0.05, 0.1) is 11.6 Å². The van der Waals surface area contributed by atoms with E-state index >= 15 is 0 Å². The van der Waals surface area contributed by atoms with Crippen LogP contribution in [-0.4, -0.2) is 22.1 Å². The number of hydrogen-bond donors (Lipinski definition) is 1. The Morgan fingerprint density at radius 2 is 2.19 bits per heavy atom. The number of nitrogens with zero attached hydrogens (tertiary/aromatic N) is 2. The Hall–Kier alpha value is -1.35. The number of alkyl halides is 1. The van der Waals surface area contributed by atoms with Crippen molar-refractivity contribution in [3.8, 4) is 0 Å². The lowest BCUT2D eigenvalue weighted by molar-refractivity contribution is 0.838. The maximum absolute atomic E-state index is 6.06. The number of nitrogens with one attached hydrogen (secondary N) is 1. The molecule has 0 saturated carbocycles. The topological polar surface area (TPSA) is 37.8 Å². The summed E-state index contributed by atoms with van der Waals surface area (Å²) in [7, 11) is 0. The molecule has 0 saturated heterocycles. The lowest BCUT2D eigenvalue weighted by Gasteiger charge is -2.10. The summed E-state index contributed by atoms with van der Waals surface area (Å²) < 4.78 is 0. The van der Waals surface area contributed by atoms with Gasteiger partial charge in [-0.15, -0.1) is 16.7 Å². The van der Waals surface area contributed by atoms with Crippen LogP contribution in [-0.2, 0) is 0 Å². The number of aromatic nitrogens is 2. The van der Waals surface area contributed by atoms with Crippen molar-refractivity contribution >= 4 is 28.2 Å². The molecule has 1 aromatic heterocycles.